The first-order valence-corrected chi connectivity index (χ1v) is 5.21. The summed E-state index contributed by atoms with van der Waals surface area (Å²) in [6.45, 7) is 4.52. The van der Waals surface area contributed by atoms with Crippen LogP contribution in [0.4, 0.5) is 5.82 Å². The van der Waals surface area contributed by atoms with Crippen molar-refractivity contribution >= 4 is 17.6 Å². The number of pyridine rings is 1. The van der Waals surface area contributed by atoms with Crippen molar-refractivity contribution in [2.45, 2.75) is 19.9 Å². The zero-order valence-corrected chi connectivity index (χ0v) is 9.32. The zero-order valence-electron chi connectivity index (χ0n) is 9.32. The van der Waals surface area contributed by atoms with Gasteiger partial charge in [-0.05, 0) is 25.5 Å². The second kappa shape index (κ2) is 4.30. The van der Waals surface area contributed by atoms with Crippen LogP contribution in [-0.4, -0.2) is 29.3 Å². The molecule has 1 aromatic heterocycles. The Balaban J connectivity index is 2.06. The molecule has 2 heterocycles. The van der Waals surface area contributed by atoms with E-state index in [2.05, 4.69) is 20.6 Å². The highest BCUT2D eigenvalue weighted by molar-refractivity contribution is 6.42. The fourth-order valence-corrected chi connectivity index (χ4v) is 1.47. The monoisotopic (exact) mass is 218 g/mol. The molecule has 5 heteroatoms. The first-order chi connectivity index (χ1) is 7.66. The molecule has 1 aliphatic rings. The molecule has 0 radical (unpaired) electrons. The van der Waals surface area contributed by atoms with Crippen molar-refractivity contribution in [1.29, 1.82) is 0 Å². The van der Waals surface area contributed by atoms with Crippen molar-refractivity contribution in [2.75, 3.05) is 11.9 Å². The summed E-state index contributed by atoms with van der Waals surface area (Å²) in [7, 11) is 0. The molecule has 0 fully saturated rings. The van der Waals surface area contributed by atoms with E-state index in [0.29, 0.717) is 18.2 Å². The number of aliphatic imine (C=N–C) groups is 1. The molecule has 1 aliphatic heterocycles. The summed E-state index contributed by atoms with van der Waals surface area (Å²) in [6.07, 6.45) is 1.65. The van der Waals surface area contributed by atoms with E-state index in [-0.39, 0.29) is 11.9 Å². The average molecular weight is 218 g/mol. The number of nitrogens with one attached hydrogen (secondary N) is 2. The maximum absolute atomic E-state index is 11.8. The predicted molar refractivity (Wildman–Crippen MR) is 62.5 cm³/mol. The van der Waals surface area contributed by atoms with Crippen molar-refractivity contribution < 1.29 is 4.79 Å². The Hall–Kier alpha value is -1.91. The normalized spacial score (nSPS) is 18.9. The van der Waals surface area contributed by atoms with E-state index >= 15 is 0 Å². The van der Waals surface area contributed by atoms with E-state index in [9.17, 15) is 4.79 Å². The van der Waals surface area contributed by atoms with Crippen molar-refractivity contribution in [3.8, 4) is 0 Å². The number of rotatable bonds is 2. The largest absolute Gasteiger partial charge is 0.361 e. The lowest BCUT2D eigenvalue weighted by molar-refractivity contribution is -0.110. The minimum absolute atomic E-state index is 0.227. The Morgan fingerprint density at radius 3 is 3.06 bits per heavy atom. The number of carbonyl (C=O) groups excluding carboxylic acids is 1. The number of aryl methyl sites for hydroxylation is 1. The van der Waals surface area contributed by atoms with Gasteiger partial charge in [0.05, 0.1) is 6.54 Å². The van der Waals surface area contributed by atoms with Crippen LogP contribution in [0.2, 0.25) is 0 Å². The minimum atomic E-state index is -0.230. The lowest BCUT2D eigenvalue weighted by Gasteiger charge is -2.08. The zero-order chi connectivity index (χ0) is 11.5. The summed E-state index contributed by atoms with van der Waals surface area (Å²) in [5.41, 5.74) is 0.933. The topological polar surface area (TPSA) is 66.4 Å². The summed E-state index contributed by atoms with van der Waals surface area (Å²) >= 11 is 0. The first kappa shape index (κ1) is 10.6. The SMILES string of the molecule is Cc1cccnc1NC(=O)C1=NCC(C)N1. The van der Waals surface area contributed by atoms with Crippen molar-refractivity contribution in [3.63, 3.8) is 0 Å². The smallest absolute Gasteiger partial charge is 0.291 e. The molecular formula is C11H14N4O. The van der Waals surface area contributed by atoms with Crippen LogP contribution in [0.5, 0.6) is 0 Å². The van der Waals surface area contributed by atoms with Crippen molar-refractivity contribution in [3.05, 3.63) is 23.9 Å². The number of amidine groups is 1. The minimum Gasteiger partial charge on any atom is -0.361 e. The number of hydrogen-bond donors (Lipinski definition) is 2. The van der Waals surface area contributed by atoms with E-state index in [1.807, 2.05) is 26.0 Å². The van der Waals surface area contributed by atoms with Crippen molar-refractivity contribution in [1.82, 2.24) is 10.3 Å². The molecule has 2 N–H and O–H groups in total. The van der Waals surface area contributed by atoms with Gasteiger partial charge in [-0.2, -0.15) is 0 Å². The number of anilines is 1. The second-order valence-electron chi connectivity index (χ2n) is 3.86. The summed E-state index contributed by atoms with van der Waals surface area (Å²) in [4.78, 5) is 20.0. The van der Waals surface area contributed by atoms with E-state index < -0.39 is 0 Å². The molecule has 0 saturated heterocycles. The molecule has 0 aromatic carbocycles. The number of amides is 1. The van der Waals surface area contributed by atoms with Gasteiger partial charge in [0.2, 0.25) is 0 Å². The standard InChI is InChI=1S/C11H14N4O/c1-7-4-3-5-12-9(7)15-11(16)10-13-6-8(2)14-10/h3-5,8H,6H2,1-2H3,(H,13,14)(H,12,15,16). The highest BCUT2D eigenvalue weighted by Gasteiger charge is 2.19. The quantitative estimate of drug-likeness (QED) is 0.768. The van der Waals surface area contributed by atoms with Gasteiger partial charge < -0.3 is 10.6 Å². The van der Waals surface area contributed by atoms with Crippen LogP contribution >= 0.6 is 0 Å². The molecule has 84 valence electrons. The fourth-order valence-electron chi connectivity index (χ4n) is 1.47. The maximum atomic E-state index is 11.8. The van der Waals surface area contributed by atoms with Crippen LogP contribution in [0.3, 0.4) is 0 Å². The van der Waals surface area contributed by atoms with E-state index in [4.69, 9.17) is 0 Å². The molecule has 0 aliphatic carbocycles. The van der Waals surface area contributed by atoms with Crippen LogP contribution in [0.1, 0.15) is 12.5 Å². The summed E-state index contributed by atoms with van der Waals surface area (Å²) < 4.78 is 0. The van der Waals surface area contributed by atoms with Gasteiger partial charge in [-0.1, -0.05) is 6.07 Å². The van der Waals surface area contributed by atoms with Crippen LogP contribution in [-0.2, 0) is 4.79 Å². The average Bonchev–Trinajstić information content (AvgIpc) is 2.68. The van der Waals surface area contributed by atoms with Gasteiger partial charge in [-0.25, -0.2) is 4.98 Å². The Labute approximate surface area is 94.0 Å². The lowest BCUT2D eigenvalue weighted by Crippen LogP contribution is -2.36. The summed E-state index contributed by atoms with van der Waals surface area (Å²) in [6, 6.07) is 3.96. The fraction of sp³-hybridized carbons (Fsp3) is 0.364. The van der Waals surface area contributed by atoms with E-state index in [1.165, 1.54) is 0 Å². The van der Waals surface area contributed by atoms with Gasteiger partial charge in [0, 0.05) is 12.2 Å². The maximum Gasteiger partial charge on any atom is 0.291 e. The third-order valence-corrected chi connectivity index (χ3v) is 2.36. The molecule has 5 nitrogen and oxygen atoms in total. The Bertz CT molecular complexity index is 441. The number of aromatic nitrogens is 1. The van der Waals surface area contributed by atoms with Gasteiger partial charge >= 0.3 is 0 Å². The molecule has 0 saturated carbocycles. The second-order valence-corrected chi connectivity index (χ2v) is 3.86. The molecule has 1 atom stereocenters. The Morgan fingerprint density at radius 2 is 2.44 bits per heavy atom. The summed E-state index contributed by atoms with van der Waals surface area (Å²) in [5.74, 6) is 0.736. The third-order valence-electron chi connectivity index (χ3n) is 2.36. The first-order valence-electron chi connectivity index (χ1n) is 5.21. The molecular weight excluding hydrogens is 204 g/mol. The Kier molecular flexibility index (Phi) is 2.85. The third kappa shape index (κ3) is 2.18. The van der Waals surface area contributed by atoms with Crippen LogP contribution in [0.25, 0.3) is 0 Å². The molecule has 0 bridgehead atoms. The van der Waals surface area contributed by atoms with Gasteiger partial charge in [0.15, 0.2) is 5.84 Å². The number of nitrogens with zero attached hydrogens (tertiary/aromatic N) is 2. The van der Waals surface area contributed by atoms with Gasteiger partial charge in [0.25, 0.3) is 5.91 Å². The van der Waals surface area contributed by atoms with Gasteiger partial charge in [-0.15, -0.1) is 0 Å². The highest BCUT2D eigenvalue weighted by atomic mass is 16.2. The molecule has 16 heavy (non-hydrogen) atoms. The molecule has 1 amide bonds. The predicted octanol–water partition coefficient (Wildman–Crippen LogP) is 0.719. The van der Waals surface area contributed by atoms with E-state index in [1.54, 1.807) is 6.20 Å². The molecule has 1 aromatic rings. The number of carbonyl (C=O) groups is 1. The van der Waals surface area contributed by atoms with Gasteiger partial charge in [0.1, 0.15) is 5.82 Å². The van der Waals surface area contributed by atoms with Crippen LogP contribution in [0, 0.1) is 6.92 Å². The van der Waals surface area contributed by atoms with E-state index in [0.717, 1.165) is 5.56 Å². The van der Waals surface area contributed by atoms with Crippen LogP contribution < -0.4 is 10.6 Å². The molecule has 0 spiro atoms. The molecule has 2 rings (SSSR count). The Morgan fingerprint density at radius 1 is 1.62 bits per heavy atom. The lowest BCUT2D eigenvalue weighted by atomic mass is 10.3. The number of hydrogen-bond acceptors (Lipinski definition) is 4. The van der Waals surface area contributed by atoms with Gasteiger partial charge in [-0.3, -0.25) is 9.79 Å². The summed E-state index contributed by atoms with van der Waals surface area (Å²) in [5, 5.41) is 5.73. The molecule has 1 unspecified atom stereocenters. The van der Waals surface area contributed by atoms with Crippen molar-refractivity contribution in [2.24, 2.45) is 4.99 Å². The van der Waals surface area contributed by atoms with Crippen LogP contribution in [0.15, 0.2) is 23.3 Å². The highest BCUT2D eigenvalue weighted by Crippen LogP contribution is 2.09.